The van der Waals surface area contributed by atoms with Crippen LogP contribution in [0.3, 0.4) is 0 Å². The van der Waals surface area contributed by atoms with Gasteiger partial charge in [-0.3, -0.25) is 4.79 Å². The first-order valence-corrected chi connectivity index (χ1v) is 11.5. The summed E-state index contributed by atoms with van der Waals surface area (Å²) in [6.07, 6.45) is -12.1. The summed E-state index contributed by atoms with van der Waals surface area (Å²) < 4.78 is 91.2. The SMILES string of the molecule is C[C@@H](OC[C@@]1(c2ccccc2)CCC(=O)N1C(=O)OC(C)(C)C)c1cc(C(F)(F)F)cc(C(F)(F)F)c1. The van der Waals surface area contributed by atoms with Crippen LogP contribution < -0.4 is 0 Å². The standard InChI is InChI=1S/C26H27F6NO4/c1-16(17-12-19(25(27,28)29)14-20(13-17)26(30,31)32)36-15-24(18-8-6-5-7-9-18)11-10-21(34)33(24)22(35)37-23(2,3)4/h5-9,12-14,16H,10-11,15H2,1-4H3/t16-,24-/m1/s1. The molecule has 0 aliphatic carbocycles. The summed E-state index contributed by atoms with van der Waals surface area (Å²) in [6, 6.07) is 9.64. The average molecular weight is 531 g/mol. The molecule has 3 rings (SSSR count). The first-order chi connectivity index (χ1) is 16.9. The molecular formula is C26H27F6NO4. The monoisotopic (exact) mass is 531 g/mol. The fourth-order valence-corrected chi connectivity index (χ4v) is 4.17. The van der Waals surface area contributed by atoms with E-state index in [0.717, 1.165) is 4.90 Å². The highest BCUT2D eigenvalue weighted by Gasteiger charge is 2.52. The Hall–Kier alpha value is -3.08. The molecule has 11 heteroatoms. The van der Waals surface area contributed by atoms with Crippen molar-refractivity contribution in [3.8, 4) is 0 Å². The quantitative estimate of drug-likeness (QED) is 0.381. The molecular weight excluding hydrogens is 504 g/mol. The third-order valence-corrected chi connectivity index (χ3v) is 5.97. The van der Waals surface area contributed by atoms with Crippen molar-refractivity contribution in [1.82, 2.24) is 4.90 Å². The number of hydrogen-bond acceptors (Lipinski definition) is 4. The van der Waals surface area contributed by atoms with Gasteiger partial charge in [-0.05, 0) is 63.4 Å². The molecule has 0 aromatic heterocycles. The molecule has 1 fully saturated rings. The number of imide groups is 1. The van der Waals surface area contributed by atoms with Gasteiger partial charge in [-0.1, -0.05) is 30.3 Å². The van der Waals surface area contributed by atoms with Crippen molar-refractivity contribution in [2.45, 2.75) is 70.1 Å². The number of likely N-dealkylation sites (tertiary alicyclic amines) is 1. The lowest BCUT2D eigenvalue weighted by molar-refractivity contribution is -0.143. The largest absolute Gasteiger partial charge is 0.443 e. The Balaban J connectivity index is 2.00. The molecule has 0 radical (unpaired) electrons. The van der Waals surface area contributed by atoms with E-state index >= 15 is 0 Å². The van der Waals surface area contributed by atoms with E-state index < -0.39 is 52.7 Å². The van der Waals surface area contributed by atoms with E-state index in [-0.39, 0.29) is 31.1 Å². The lowest BCUT2D eigenvalue weighted by Gasteiger charge is -2.38. The normalized spacial score (nSPS) is 19.7. The molecule has 0 unspecified atom stereocenters. The average Bonchev–Trinajstić information content (AvgIpc) is 3.12. The molecule has 5 nitrogen and oxygen atoms in total. The minimum Gasteiger partial charge on any atom is -0.443 e. The highest BCUT2D eigenvalue weighted by Crippen LogP contribution is 2.43. The topological polar surface area (TPSA) is 55.8 Å². The van der Waals surface area contributed by atoms with Gasteiger partial charge in [0.15, 0.2) is 0 Å². The van der Waals surface area contributed by atoms with Crippen LogP contribution in [-0.2, 0) is 32.2 Å². The van der Waals surface area contributed by atoms with E-state index in [1.807, 2.05) is 0 Å². The Morgan fingerprint density at radius 2 is 1.51 bits per heavy atom. The van der Waals surface area contributed by atoms with Crippen LogP contribution in [0.4, 0.5) is 31.1 Å². The molecule has 0 saturated carbocycles. The number of alkyl halides is 6. The lowest BCUT2D eigenvalue weighted by atomic mass is 9.88. The Morgan fingerprint density at radius 3 is 2.00 bits per heavy atom. The van der Waals surface area contributed by atoms with Gasteiger partial charge in [-0.2, -0.15) is 26.3 Å². The third kappa shape index (κ3) is 6.44. The molecule has 37 heavy (non-hydrogen) atoms. The van der Waals surface area contributed by atoms with Gasteiger partial charge in [0.05, 0.1) is 23.8 Å². The molecule has 2 aromatic rings. The first-order valence-electron chi connectivity index (χ1n) is 11.5. The van der Waals surface area contributed by atoms with Crippen LogP contribution >= 0.6 is 0 Å². The fraction of sp³-hybridized carbons (Fsp3) is 0.462. The van der Waals surface area contributed by atoms with Gasteiger partial charge in [0.2, 0.25) is 5.91 Å². The molecule has 1 aliphatic heterocycles. The number of carbonyl (C=O) groups excluding carboxylic acids is 2. The van der Waals surface area contributed by atoms with E-state index in [2.05, 4.69) is 0 Å². The zero-order chi connectivity index (χ0) is 27.8. The second-order valence-electron chi connectivity index (χ2n) is 9.90. The molecule has 2 amide bonds. The molecule has 0 N–H and O–H groups in total. The van der Waals surface area contributed by atoms with Crippen molar-refractivity contribution in [2.75, 3.05) is 6.61 Å². The van der Waals surface area contributed by atoms with Gasteiger partial charge in [-0.25, -0.2) is 9.69 Å². The molecule has 1 saturated heterocycles. The van der Waals surface area contributed by atoms with Gasteiger partial charge in [0, 0.05) is 6.42 Å². The second-order valence-corrected chi connectivity index (χ2v) is 9.90. The second kappa shape index (κ2) is 10.00. The van der Waals surface area contributed by atoms with Crippen molar-refractivity contribution >= 4 is 12.0 Å². The first kappa shape index (κ1) is 28.5. The number of halogens is 6. The van der Waals surface area contributed by atoms with E-state index in [4.69, 9.17) is 9.47 Å². The van der Waals surface area contributed by atoms with E-state index in [0.29, 0.717) is 17.7 Å². The van der Waals surface area contributed by atoms with Gasteiger partial charge < -0.3 is 9.47 Å². The molecule has 1 heterocycles. The molecule has 2 aromatic carbocycles. The number of nitrogens with zero attached hydrogens (tertiary/aromatic N) is 1. The maximum Gasteiger partial charge on any atom is 0.417 e. The number of amides is 2. The number of hydrogen-bond donors (Lipinski definition) is 0. The molecule has 0 spiro atoms. The zero-order valence-electron chi connectivity index (χ0n) is 20.7. The summed E-state index contributed by atoms with van der Waals surface area (Å²) in [5.41, 5.74) is -5.06. The zero-order valence-corrected chi connectivity index (χ0v) is 20.7. The van der Waals surface area contributed by atoms with Crippen molar-refractivity contribution in [1.29, 1.82) is 0 Å². The maximum atomic E-state index is 13.3. The van der Waals surface area contributed by atoms with E-state index in [9.17, 15) is 35.9 Å². The van der Waals surface area contributed by atoms with Crippen molar-refractivity contribution < 1.29 is 45.4 Å². The predicted octanol–water partition coefficient (Wildman–Crippen LogP) is 7.25. The number of rotatable bonds is 5. The highest BCUT2D eigenvalue weighted by atomic mass is 19.4. The van der Waals surface area contributed by atoms with Gasteiger partial charge in [0.25, 0.3) is 0 Å². The Morgan fingerprint density at radius 1 is 0.973 bits per heavy atom. The van der Waals surface area contributed by atoms with Crippen LogP contribution in [0.5, 0.6) is 0 Å². The number of benzene rings is 2. The van der Waals surface area contributed by atoms with Crippen molar-refractivity contribution in [3.63, 3.8) is 0 Å². The summed E-state index contributed by atoms with van der Waals surface area (Å²) in [5, 5.41) is 0. The number of carbonyl (C=O) groups is 2. The predicted molar refractivity (Wildman–Crippen MR) is 121 cm³/mol. The Kier molecular flexibility index (Phi) is 7.70. The minimum absolute atomic E-state index is 0.0341. The maximum absolute atomic E-state index is 13.3. The summed E-state index contributed by atoms with van der Waals surface area (Å²) in [6.45, 7) is 5.81. The Labute approximate surface area is 210 Å². The van der Waals surface area contributed by atoms with Gasteiger partial charge in [-0.15, -0.1) is 0 Å². The van der Waals surface area contributed by atoms with Gasteiger partial charge in [0.1, 0.15) is 11.1 Å². The summed E-state index contributed by atoms with van der Waals surface area (Å²) >= 11 is 0. The van der Waals surface area contributed by atoms with Crippen LogP contribution in [0.1, 0.15) is 68.9 Å². The lowest BCUT2D eigenvalue weighted by Crippen LogP contribution is -2.51. The van der Waals surface area contributed by atoms with Gasteiger partial charge >= 0.3 is 18.4 Å². The van der Waals surface area contributed by atoms with Crippen LogP contribution in [0.15, 0.2) is 48.5 Å². The summed E-state index contributed by atoms with van der Waals surface area (Å²) in [7, 11) is 0. The molecule has 202 valence electrons. The molecule has 0 bridgehead atoms. The summed E-state index contributed by atoms with van der Waals surface area (Å²) in [4.78, 5) is 26.8. The highest BCUT2D eigenvalue weighted by molar-refractivity contribution is 5.95. The fourth-order valence-electron chi connectivity index (χ4n) is 4.17. The smallest absolute Gasteiger partial charge is 0.417 e. The van der Waals surface area contributed by atoms with Crippen LogP contribution in [-0.4, -0.2) is 29.1 Å². The van der Waals surface area contributed by atoms with E-state index in [1.165, 1.54) is 6.92 Å². The summed E-state index contributed by atoms with van der Waals surface area (Å²) in [5.74, 6) is -0.534. The van der Waals surface area contributed by atoms with Crippen molar-refractivity contribution in [3.05, 3.63) is 70.8 Å². The third-order valence-electron chi connectivity index (χ3n) is 5.97. The molecule has 2 atom stereocenters. The van der Waals surface area contributed by atoms with Crippen LogP contribution in [0.2, 0.25) is 0 Å². The molecule has 1 aliphatic rings. The van der Waals surface area contributed by atoms with Crippen LogP contribution in [0, 0.1) is 0 Å². The number of ether oxygens (including phenoxy) is 2. The van der Waals surface area contributed by atoms with E-state index in [1.54, 1.807) is 51.1 Å². The Bertz CT molecular complexity index is 1110. The van der Waals surface area contributed by atoms with Crippen LogP contribution in [0.25, 0.3) is 0 Å². The minimum atomic E-state index is -5.01. The van der Waals surface area contributed by atoms with Crippen molar-refractivity contribution in [2.24, 2.45) is 0 Å².